The van der Waals surface area contributed by atoms with Gasteiger partial charge in [-0.15, -0.1) is 0 Å². The van der Waals surface area contributed by atoms with Crippen LogP contribution in [0.5, 0.6) is 0 Å². The minimum Gasteiger partial charge on any atom is -0.462 e. The van der Waals surface area contributed by atoms with Crippen molar-refractivity contribution in [3.8, 4) is 0 Å². The fourth-order valence-corrected chi connectivity index (χ4v) is 15.2. The summed E-state index contributed by atoms with van der Waals surface area (Å²) in [6.07, 6.45) is 71.0. The molecule has 0 radical (unpaired) electrons. The molecule has 0 fully saturated rings. The average Bonchev–Trinajstić information content (AvgIpc) is 0.902. The van der Waals surface area contributed by atoms with Crippen LogP contribution in [0.25, 0.3) is 0 Å². The van der Waals surface area contributed by atoms with Gasteiger partial charge in [-0.05, 0) is 37.5 Å². The molecule has 0 aromatic carbocycles. The Morgan fingerprint density at radius 2 is 0.434 bits per heavy atom. The van der Waals surface area contributed by atoms with Crippen LogP contribution in [0.1, 0.15) is 465 Å². The van der Waals surface area contributed by atoms with Crippen molar-refractivity contribution in [2.24, 2.45) is 11.8 Å². The standard InChI is InChI=1S/C87H170O17P2/c1-7-9-11-13-15-17-18-19-20-21-22-26-31-36-41-46-52-58-64-70-85(90)98-76-83(104-87(92)72-65-59-53-47-42-37-32-27-24-23-25-29-34-39-44-49-55-61-67-79(3)4)78-102-106(95,96)100-74-81(88)73-99-105(93,94)101-77-82(75-97-84(89)69-63-57-51-16-14-12-10-8-2)103-86(91)71-66-60-54-48-43-38-33-28-30-35-40-45-50-56-62-68-80(5)6/h79-83,88H,7-78H2,1-6H3,(H,93,94)(H,95,96)/t81-,82+,83+/m0/s1. The fraction of sp³-hybridized carbons (Fsp3) is 0.954. The average molecular weight is 1550 g/mol. The number of unbranched alkanes of at least 4 members (excludes halogenated alkanes) is 56. The quantitative estimate of drug-likeness (QED) is 0.0222. The van der Waals surface area contributed by atoms with Crippen LogP contribution in [0.2, 0.25) is 0 Å². The Bertz CT molecular complexity index is 2030. The number of carbonyl (C=O) groups excluding carboxylic acids is 4. The summed E-state index contributed by atoms with van der Waals surface area (Å²) in [5.74, 6) is -0.480. The Morgan fingerprint density at radius 3 is 0.642 bits per heavy atom. The SMILES string of the molecule is CCCCCCCCCCCCCCCCCCCCCC(=O)OC[C@H](COP(=O)(O)OC[C@@H](O)COP(=O)(O)OC[C@@H](COC(=O)CCCCCCCCCC)OC(=O)CCCCCCCCCCCCCCCCCC(C)C)OC(=O)CCCCCCCCCCCCCCCCCCCCC(C)C. The zero-order valence-electron chi connectivity index (χ0n) is 69.7. The highest BCUT2D eigenvalue weighted by atomic mass is 31.2. The smallest absolute Gasteiger partial charge is 0.462 e. The molecule has 630 valence electrons. The fourth-order valence-electron chi connectivity index (χ4n) is 13.6. The first kappa shape index (κ1) is 104. The second kappa shape index (κ2) is 78.3. The van der Waals surface area contributed by atoms with E-state index in [2.05, 4.69) is 41.5 Å². The lowest BCUT2D eigenvalue weighted by molar-refractivity contribution is -0.161. The molecule has 0 amide bonds. The van der Waals surface area contributed by atoms with Crippen LogP contribution in [-0.2, 0) is 65.4 Å². The van der Waals surface area contributed by atoms with Crippen LogP contribution < -0.4 is 0 Å². The number of aliphatic hydroxyl groups is 1. The lowest BCUT2D eigenvalue weighted by Crippen LogP contribution is -2.30. The number of hydrogen-bond acceptors (Lipinski definition) is 15. The lowest BCUT2D eigenvalue weighted by Gasteiger charge is -2.21. The van der Waals surface area contributed by atoms with Gasteiger partial charge in [-0.1, -0.05) is 414 Å². The summed E-state index contributed by atoms with van der Waals surface area (Å²) in [5, 5.41) is 10.7. The maximum absolute atomic E-state index is 13.1. The predicted octanol–water partition coefficient (Wildman–Crippen LogP) is 26.6. The Labute approximate surface area is 651 Å². The molecule has 0 saturated heterocycles. The number of phosphoric ester groups is 2. The molecule has 0 aliphatic heterocycles. The van der Waals surface area contributed by atoms with Crippen LogP contribution in [0.3, 0.4) is 0 Å². The lowest BCUT2D eigenvalue weighted by atomic mass is 10.0. The number of carbonyl (C=O) groups is 4. The number of phosphoric acid groups is 2. The van der Waals surface area contributed by atoms with Crippen LogP contribution >= 0.6 is 15.6 Å². The zero-order chi connectivity index (χ0) is 77.8. The molecule has 0 spiro atoms. The highest BCUT2D eigenvalue weighted by molar-refractivity contribution is 7.47. The summed E-state index contributed by atoms with van der Waals surface area (Å²) in [4.78, 5) is 73.2. The third-order valence-electron chi connectivity index (χ3n) is 20.5. The number of esters is 4. The largest absolute Gasteiger partial charge is 0.472 e. The summed E-state index contributed by atoms with van der Waals surface area (Å²) >= 11 is 0. The maximum atomic E-state index is 13.1. The molecule has 0 aromatic rings. The van der Waals surface area contributed by atoms with E-state index >= 15 is 0 Å². The van der Waals surface area contributed by atoms with E-state index in [0.29, 0.717) is 25.7 Å². The number of ether oxygens (including phenoxy) is 4. The highest BCUT2D eigenvalue weighted by Gasteiger charge is 2.30. The van der Waals surface area contributed by atoms with Gasteiger partial charge in [0.05, 0.1) is 26.4 Å². The van der Waals surface area contributed by atoms with Crippen molar-refractivity contribution in [3.63, 3.8) is 0 Å². The van der Waals surface area contributed by atoms with Crippen molar-refractivity contribution in [2.75, 3.05) is 39.6 Å². The van der Waals surface area contributed by atoms with Gasteiger partial charge in [-0.3, -0.25) is 37.3 Å². The van der Waals surface area contributed by atoms with E-state index in [1.54, 1.807) is 0 Å². The molecule has 0 saturated carbocycles. The molecule has 5 atom stereocenters. The minimum absolute atomic E-state index is 0.108. The van der Waals surface area contributed by atoms with E-state index in [4.69, 9.17) is 37.0 Å². The van der Waals surface area contributed by atoms with Crippen LogP contribution in [0, 0.1) is 11.8 Å². The first-order valence-electron chi connectivity index (χ1n) is 45.0. The molecule has 0 bridgehead atoms. The number of rotatable bonds is 86. The Kier molecular flexibility index (Phi) is 76.9. The molecular formula is C87H170O17P2. The van der Waals surface area contributed by atoms with Crippen LogP contribution in [0.15, 0.2) is 0 Å². The van der Waals surface area contributed by atoms with E-state index in [1.165, 1.54) is 276 Å². The third-order valence-corrected chi connectivity index (χ3v) is 22.4. The van der Waals surface area contributed by atoms with Gasteiger partial charge in [0.15, 0.2) is 12.2 Å². The van der Waals surface area contributed by atoms with Crippen LogP contribution in [-0.4, -0.2) is 96.7 Å². The van der Waals surface area contributed by atoms with Crippen molar-refractivity contribution in [2.45, 2.75) is 484 Å². The maximum Gasteiger partial charge on any atom is 0.472 e. The number of hydrogen-bond donors (Lipinski definition) is 3. The molecule has 3 N–H and O–H groups in total. The highest BCUT2D eigenvalue weighted by Crippen LogP contribution is 2.45. The van der Waals surface area contributed by atoms with Crippen LogP contribution in [0.4, 0.5) is 0 Å². The predicted molar refractivity (Wildman–Crippen MR) is 437 cm³/mol. The Hall–Kier alpha value is -1.94. The molecule has 17 nitrogen and oxygen atoms in total. The number of aliphatic hydroxyl groups excluding tert-OH is 1. The van der Waals surface area contributed by atoms with E-state index in [-0.39, 0.29) is 25.7 Å². The summed E-state index contributed by atoms with van der Waals surface area (Å²) in [5.41, 5.74) is 0. The van der Waals surface area contributed by atoms with Crippen molar-refractivity contribution in [3.05, 3.63) is 0 Å². The van der Waals surface area contributed by atoms with Gasteiger partial charge in [-0.25, -0.2) is 9.13 Å². The van der Waals surface area contributed by atoms with Gasteiger partial charge in [0.2, 0.25) is 0 Å². The van der Waals surface area contributed by atoms with Gasteiger partial charge >= 0.3 is 39.5 Å². The molecule has 0 aliphatic rings. The molecular weight excluding hydrogens is 1380 g/mol. The first-order valence-corrected chi connectivity index (χ1v) is 48.0. The molecule has 0 heterocycles. The van der Waals surface area contributed by atoms with Crippen molar-refractivity contribution < 1.29 is 80.2 Å². The molecule has 0 aliphatic carbocycles. The molecule has 106 heavy (non-hydrogen) atoms. The van der Waals surface area contributed by atoms with Gasteiger partial charge in [0.25, 0.3) is 0 Å². The van der Waals surface area contributed by atoms with Gasteiger partial charge in [0.1, 0.15) is 19.3 Å². The van der Waals surface area contributed by atoms with E-state index in [1.807, 2.05) is 0 Å². The molecule has 0 rings (SSSR count). The normalized spacial score (nSPS) is 13.8. The van der Waals surface area contributed by atoms with E-state index in [0.717, 1.165) is 108 Å². The molecule has 0 aromatic heterocycles. The van der Waals surface area contributed by atoms with Gasteiger partial charge in [0, 0.05) is 25.7 Å². The minimum atomic E-state index is -4.97. The molecule has 2 unspecified atom stereocenters. The Morgan fingerprint density at radius 1 is 0.255 bits per heavy atom. The second-order valence-corrected chi connectivity index (χ2v) is 35.1. The Balaban J connectivity index is 5.18. The third kappa shape index (κ3) is 80.1. The van der Waals surface area contributed by atoms with E-state index < -0.39 is 97.5 Å². The zero-order valence-corrected chi connectivity index (χ0v) is 71.5. The summed E-state index contributed by atoms with van der Waals surface area (Å²) < 4.78 is 68.8. The summed E-state index contributed by atoms with van der Waals surface area (Å²) in [6.45, 7) is 9.71. The first-order chi connectivity index (χ1) is 51.4. The van der Waals surface area contributed by atoms with E-state index in [9.17, 15) is 43.2 Å². The summed E-state index contributed by atoms with van der Waals surface area (Å²) in [6, 6.07) is 0. The van der Waals surface area contributed by atoms with Gasteiger partial charge in [-0.2, -0.15) is 0 Å². The van der Waals surface area contributed by atoms with Gasteiger partial charge < -0.3 is 33.8 Å². The summed E-state index contributed by atoms with van der Waals surface area (Å²) in [7, 11) is -9.92. The molecule has 19 heteroatoms. The van der Waals surface area contributed by atoms with Crippen molar-refractivity contribution in [1.29, 1.82) is 0 Å². The van der Waals surface area contributed by atoms with Crippen molar-refractivity contribution in [1.82, 2.24) is 0 Å². The van der Waals surface area contributed by atoms with Crippen molar-refractivity contribution >= 4 is 39.5 Å². The topological polar surface area (TPSA) is 237 Å². The monoisotopic (exact) mass is 1550 g/mol. The second-order valence-electron chi connectivity index (χ2n) is 32.2.